The summed E-state index contributed by atoms with van der Waals surface area (Å²) in [6, 6.07) is 14.7. The maximum Gasteiger partial charge on any atom is 0.224 e. The molecular weight excluding hydrogens is 328 g/mol. The van der Waals surface area contributed by atoms with Crippen LogP contribution < -0.4 is 5.32 Å². The van der Waals surface area contributed by atoms with Crippen molar-refractivity contribution < 1.29 is 14.3 Å². The number of benzene rings is 2. The highest BCUT2D eigenvalue weighted by atomic mass is 16.5. The number of fused-ring (bicyclic) bond motifs is 1. The largest absolute Gasteiger partial charge is 0.383 e. The van der Waals surface area contributed by atoms with Gasteiger partial charge in [0.25, 0.3) is 0 Å². The van der Waals surface area contributed by atoms with Crippen LogP contribution in [0.3, 0.4) is 0 Å². The summed E-state index contributed by atoms with van der Waals surface area (Å²) < 4.78 is 5.04. The SMILES string of the molecule is COCCN1CC(C(=O)NCCc2ccc3ccccc3c2)CCC1=O. The first-order valence-electron chi connectivity index (χ1n) is 9.19. The molecule has 0 spiro atoms. The molecule has 0 aromatic heterocycles. The highest BCUT2D eigenvalue weighted by Crippen LogP contribution is 2.18. The maximum atomic E-state index is 12.4. The van der Waals surface area contributed by atoms with Crippen molar-refractivity contribution in [3.63, 3.8) is 0 Å². The number of amides is 2. The van der Waals surface area contributed by atoms with Crippen molar-refractivity contribution in [2.24, 2.45) is 5.92 Å². The van der Waals surface area contributed by atoms with Crippen molar-refractivity contribution in [1.29, 1.82) is 0 Å². The van der Waals surface area contributed by atoms with E-state index >= 15 is 0 Å². The summed E-state index contributed by atoms with van der Waals surface area (Å²) in [6.45, 7) is 2.15. The van der Waals surface area contributed by atoms with Crippen LogP contribution in [0.15, 0.2) is 42.5 Å². The van der Waals surface area contributed by atoms with Gasteiger partial charge >= 0.3 is 0 Å². The Morgan fingerprint density at radius 3 is 2.85 bits per heavy atom. The highest BCUT2D eigenvalue weighted by molar-refractivity contribution is 5.84. The fourth-order valence-corrected chi connectivity index (χ4v) is 3.42. The Hall–Kier alpha value is -2.40. The van der Waals surface area contributed by atoms with E-state index in [1.165, 1.54) is 16.3 Å². The molecule has 26 heavy (non-hydrogen) atoms. The minimum Gasteiger partial charge on any atom is -0.383 e. The Labute approximate surface area is 154 Å². The van der Waals surface area contributed by atoms with Gasteiger partial charge in [0.15, 0.2) is 0 Å². The number of carbonyl (C=O) groups excluding carboxylic acids is 2. The van der Waals surface area contributed by atoms with Gasteiger partial charge in [-0.05, 0) is 29.2 Å². The van der Waals surface area contributed by atoms with Gasteiger partial charge in [-0.1, -0.05) is 42.5 Å². The average Bonchev–Trinajstić information content (AvgIpc) is 2.67. The van der Waals surface area contributed by atoms with Crippen molar-refractivity contribution in [2.45, 2.75) is 19.3 Å². The number of hydrogen-bond donors (Lipinski definition) is 1. The van der Waals surface area contributed by atoms with E-state index in [-0.39, 0.29) is 17.7 Å². The highest BCUT2D eigenvalue weighted by Gasteiger charge is 2.29. The Morgan fingerprint density at radius 1 is 1.23 bits per heavy atom. The number of methoxy groups -OCH3 is 1. The molecule has 0 radical (unpaired) electrons. The lowest BCUT2D eigenvalue weighted by Crippen LogP contribution is -2.47. The number of likely N-dealkylation sites (tertiary alicyclic amines) is 1. The third kappa shape index (κ3) is 4.61. The zero-order chi connectivity index (χ0) is 18.4. The molecule has 1 heterocycles. The van der Waals surface area contributed by atoms with Crippen LogP contribution in [0.1, 0.15) is 18.4 Å². The van der Waals surface area contributed by atoms with E-state index in [0.717, 1.165) is 6.42 Å². The minimum absolute atomic E-state index is 0.0423. The maximum absolute atomic E-state index is 12.4. The summed E-state index contributed by atoms with van der Waals surface area (Å²) in [7, 11) is 1.62. The number of hydrogen-bond acceptors (Lipinski definition) is 3. The summed E-state index contributed by atoms with van der Waals surface area (Å²) in [5.74, 6) is 0.0316. The third-order valence-electron chi connectivity index (χ3n) is 4.96. The zero-order valence-electron chi connectivity index (χ0n) is 15.2. The molecule has 1 unspecified atom stereocenters. The summed E-state index contributed by atoms with van der Waals surface area (Å²) in [6.07, 6.45) is 1.87. The topological polar surface area (TPSA) is 58.6 Å². The zero-order valence-corrected chi connectivity index (χ0v) is 15.2. The molecule has 2 amide bonds. The van der Waals surface area contributed by atoms with Crippen LogP contribution in [-0.2, 0) is 20.7 Å². The molecule has 1 saturated heterocycles. The number of nitrogens with zero attached hydrogens (tertiary/aromatic N) is 1. The predicted octanol–water partition coefficient (Wildman–Crippen LogP) is 2.38. The lowest BCUT2D eigenvalue weighted by molar-refractivity contribution is -0.138. The van der Waals surface area contributed by atoms with Crippen LogP contribution in [0.2, 0.25) is 0 Å². The van der Waals surface area contributed by atoms with Crippen LogP contribution >= 0.6 is 0 Å². The Kier molecular flexibility index (Phi) is 6.23. The van der Waals surface area contributed by atoms with Gasteiger partial charge in [-0.15, -0.1) is 0 Å². The third-order valence-corrected chi connectivity index (χ3v) is 4.96. The molecule has 1 aliphatic rings. The van der Waals surface area contributed by atoms with Gasteiger partial charge < -0.3 is 15.0 Å². The van der Waals surface area contributed by atoms with Crippen LogP contribution in [0.25, 0.3) is 10.8 Å². The molecule has 0 saturated carbocycles. The molecule has 3 rings (SSSR count). The average molecular weight is 354 g/mol. The number of ether oxygens (including phenoxy) is 1. The molecule has 0 aliphatic carbocycles. The van der Waals surface area contributed by atoms with E-state index in [4.69, 9.17) is 4.74 Å². The molecule has 2 aromatic rings. The molecule has 1 atom stereocenters. The van der Waals surface area contributed by atoms with Crippen molar-refractivity contribution in [3.05, 3.63) is 48.0 Å². The molecule has 5 heteroatoms. The van der Waals surface area contributed by atoms with Crippen LogP contribution in [0.4, 0.5) is 0 Å². The molecule has 5 nitrogen and oxygen atoms in total. The second-order valence-corrected chi connectivity index (χ2v) is 6.79. The molecule has 1 aliphatic heterocycles. The van der Waals surface area contributed by atoms with E-state index in [0.29, 0.717) is 39.1 Å². The Morgan fingerprint density at radius 2 is 2.04 bits per heavy atom. The molecule has 1 fully saturated rings. The number of nitrogens with one attached hydrogen (secondary N) is 1. The summed E-state index contributed by atoms with van der Waals surface area (Å²) in [4.78, 5) is 26.1. The molecule has 0 bridgehead atoms. The summed E-state index contributed by atoms with van der Waals surface area (Å²) >= 11 is 0. The summed E-state index contributed by atoms with van der Waals surface area (Å²) in [5.41, 5.74) is 1.21. The van der Waals surface area contributed by atoms with E-state index in [9.17, 15) is 9.59 Å². The van der Waals surface area contributed by atoms with Crippen LogP contribution in [0, 0.1) is 5.92 Å². The normalized spacial score (nSPS) is 17.5. The standard InChI is InChI=1S/C21H26N2O3/c1-26-13-12-23-15-19(8-9-20(23)24)21(25)22-11-10-16-6-7-17-4-2-3-5-18(17)14-16/h2-7,14,19H,8-13,15H2,1H3,(H,22,25). The van der Waals surface area contributed by atoms with E-state index in [1.54, 1.807) is 12.0 Å². The first-order valence-corrected chi connectivity index (χ1v) is 9.19. The molecule has 2 aromatic carbocycles. The number of carbonyl (C=O) groups is 2. The van der Waals surface area contributed by atoms with Gasteiger partial charge in [0, 0.05) is 33.2 Å². The van der Waals surface area contributed by atoms with Gasteiger partial charge in [0.05, 0.1) is 12.5 Å². The first-order chi connectivity index (χ1) is 12.7. The smallest absolute Gasteiger partial charge is 0.224 e. The van der Waals surface area contributed by atoms with Crippen molar-refractivity contribution in [3.8, 4) is 0 Å². The second-order valence-electron chi connectivity index (χ2n) is 6.79. The van der Waals surface area contributed by atoms with Crippen molar-refractivity contribution in [2.75, 3.05) is 33.4 Å². The molecular formula is C21H26N2O3. The predicted molar refractivity (Wildman–Crippen MR) is 102 cm³/mol. The second kappa shape index (κ2) is 8.81. The minimum atomic E-state index is -0.124. The Bertz CT molecular complexity index is 775. The van der Waals surface area contributed by atoms with Gasteiger partial charge in [0.2, 0.25) is 11.8 Å². The van der Waals surface area contributed by atoms with E-state index in [1.807, 2.05) is 12.1 Å². The fourth-order valence-electron chi connectivity index (χ4n) is 3.42. The lowest BCUT2D eigenvalue weighted by atomic mass is 9.96. The van der Waals surface area contributed by atoms with E-state index < -0.39 is 0 Å². The van der Waals surface area contributed by atoms with Crippen LogP contribution in [0.5, 0.6) is 0 Å². The van der Waals surface area contributed by atoms with Gasteiger partial charge in [-0.25, -0.2) is 0 Å². The van der Waals surface area contributed by atoms with E-state index in [2.05, 4.69) is 35.6 Å². The molecule has 1 N–H and O–H groups in total. The monoisotopic (exact) mass is 354 g/mol. The number of piperidine rings is 1. The summed E-state index contributed by atoms with van der Waals surface area (Å²) in [5, 5.41) is 5.48. The van der Waals surface area contributed by atoms with Gasteiger partial charge in [-0.3, -0.25) is 9.59 Å². The lowest BCUT2D eigenvalue weighted by Gasteiger charge is -2.31. The van der Waals surface area contributed by atoms with Gasteiger partial charge in [0.1, 0.15) is 0 Å². The number of rotatable bonds is 7. The molecule has 138 valence electrons. The van der Waals surface area contributed by atoms with Crippen LogP contribution in [-0.4, -0.2) is 50.1 Å². The quantitative estimate of drug-likeness (QED) is 0.831. The Balaban J connectivity index is 1.49. The van der Waals surface area contributed by atoms with Crippen molar-refractivity contribution in [1.82, 2.24) is 10.2 Å². The first kappa shape index (κ1) is 18.4. The fraction of sp³-hybridized carbons (Fsp3) is 0.429. The van der Waals surface area contributed by atoms with Crippen molar-refractivity contribution >= 4 is 22.6 Å². The van der Waals surface area contributed by atoms with Gasteiger partial charge in [-0.2, -0.15) is 0 Å².